The van der Waals surface area contributed by atoms with Gasteiger partial charge in [0.25, 0.3) is 0 Å². The highest BCUT2D eigenvalue weighted by atomic mass is 16.5. The summed E-state index contributed by atoms with van der Waals surface area (Å²) in [6.45, 7) is 19.6. The largest absolute Gasteiger partial charge is 0.488 e. The summed E-state index contributed by atoms with van der Waals surface area (Å²) in [6, 6.07) is 29.7. The molecule has 0 N–H and O–H groups in total. The van der Waals surface area contributed by atoms with Crippen LogP contribution in [-0.4, -0.2) is 5.60 Å². The van der Waals surface area contributed by atoms with Gasteiger partial charge in [0.15, 0.2) is 0 Å². The molecule has 192 valence electrons. The molecule has 0 fully saturated rings. The molecule has 0 aromatic heterocycles. The Bertz CT molecular complexity index is 845. The summed E-state index contributed by atoms with van der Waals surface area (Å²) in [4.78, 5) is 0. The lowest BCUT2D eigenvalue weighted by Gasteiger charge is -2.21. The van der Waals surface area contributed by atoms with E-state index in [0.717, 1.165) is 5.75 Å². The summed E-state index contributed by atoms with van der Waals surface area (Å²) < 4.78 is 5.77. The average molecular weight is 475 g/mol. The van der Waals surface area contributed by atoms with Crippen LogP contribution in [0.1, 0.15) is 116 Å². The second-order valence-electron chi connectivity index (χ2n) is 10.5. The van der Waals surface area contributed by atoms with E-state index in [1.165, 1.54) is 36.0 Å². The Labute approximate surface area is 217 Å². The highest BCUT2D eigenvalue weighted by Gasteiger charge is 2.11. The number of hydrogen-bond acceptors (Lipinski definition) is 1. The van der Waals surface area contributed by atoms with Crippen molar-refractivity contribution in [3.8, 4) is 5.75 Å². The molecule has 0 bridgehead atoms. The van der Waals surface area contributed by atoms with Crippen LogP contribution in [0.4, 0.5) is 0 Å². The molecule has 0 aliphatic carbocycles. The Balaban J connectivity index is 0.000000271. The molecule has 3 unspecified atom stereocenters. The maximum absolute atomic E-state index is 5.77. The van der Waals surface area contributed by atoms with Gasteiger partial charge < -0.3 is 4.74 Å². The SMILES string of the molecule is CCC(C)c1ccc(OC(C)(C)C)cc1.CCC(C)c1ccccc1.CCC(C)c1ccccc1. The van der Waals surface area contributed by atoms with Gasteiger partial charge in [-0.05, 0) is 86.6 Å². The fourth-order valence-corrected chi connectivity index (χ4v) is 3.49. The van der Waals surface area contributed by atoms with Crippen molar-refractivity contribution in [1.82, 2.24) is 0 Å². The predicted octanol–water partition coefficient (Wildman–Crippen LogP) is 10.8. The lowest BCUT2D eigenvalue weighted by molar-refractivity contribution is 0.131. The molecular weight excluding hydrogens is 424 g/mol. The van der Waals surface area contributed by atoms with Crippen molar-refractivity contribution in [2.75, 3.05) is 0 Å². The monoisotopic (exact) mass is 474 g/mol. The molecule has 1 nitrogen and oxygen atoms in total. The van der Waals surface area contributed by atoms with Crippen molar-refractivity contribution in [2.24, 2.45) is 0 Å². The molecule has 0 heterocycles. The molecule has 35 heavy (non-hydrogen) atoms. The fourth-order valence-electron chi connectivity index (χ4n) is 3.49. The van der Waals surface area contributed by atoms with Crippen molar-refractivity contribution in [1.29, 1.82) is 0 Å². The Morgan fingerprint density at radius 2 is 0.829 bits per heavy atom. The maximum Gasteiger partial charge on any atom is 0.120 e. The van der Waals surface area contributed by atoms with Crippen LogP contribution in [0.15, 0.2) is 84.9 Å². The molecule has 0 spiro atoms. The van der Waals surface area contributed by atoms with E-state index in [9.17, 15) is 0 Å². The van der Waals surface area contributed by atoms with Crippen LogP contribution in [-0.2, 0) is 0 Å². The van der Waals surface area contributed by atoms with Gasteiger partial charge in [0, 0.05) is 0 Å². The standard InChI is InChI=1S/C14H22O.2C10H14/c1-6-11(2)12-7-9-13(10-8-12)15-14(3,4)5;2*1-3-9(2)10-7-5-4-6-8-10/h7-11H,6H2,1-5H3;2*4-9H,3H2,1-2H3. The van der Waals surface area contributed by atoms with Gasteiger partial charge >= 0.3 is 0 Å². The molecule has 3 aromatic carbocycles. The zero-order valence-corrected chi connectivity index (χ0v) is 23.8. The minimum Gasteiger partial charge on any atom is -0.488 e. The van der Waals surface area contributed by atoms with E-state index in [1.54, 1.807) is 0 Å². The van der Waals surface area contributed by atoms with Crippen LogP contribution in [0.25, 0.3) is 0 Å². The van der Waals surface area contributed by atoms with Crippen molar-refractivity contribution >= 4 is 0 Å². The van der Waals surface area contributed by atoms with Crippen LogP contribution in [0.3, 0.4) is 0 Å². The van der Waals surface area contributed by atoms with Gasteiger partial charge in [-0.1, -0.05) is 114 Å². The first-order chi connectivity index (χ1) is 16.6. The van der Waals surface area contributed by atoms with E-state index in [4.69, 9.17) is 4.74 Å². The highest BCUT2D eigenvalue weighted by molar-refractivity contribution is 5.29. The smallest absolute Gasteiger partial charge is 0.120 e. The second kappa shape index (κ2) is 16.2. The molecule has 0 saturated carbocycles. The van der Waals surface area contributed by atoms with Crippen LogP contribution in [0.2, 0.25) is 0 Å². The predicted molar refractivity (Wildman–Crippen MR) is 156 cm³/mol. The van der Waals surface area contributed by atoms with Crippen molar-refractivity contribution in [3.63, 3.8) is 0 Å². The van der Waals surface area contributed by atoms with E-state index in [0.29, 0.717) is 17.8 Å². The lowest BCUT2D eigenvalue weighted by Crippen LogP contribution is -2.22. The topological polar surface area (TPSA) is 9.23 Å². The van der Waals surface area contributed by atoms with Gasteiger partial charge in [0.05, 0.1) is 0 Å². The zero-order chi connectivity index (χ0) is 26.3. The third-order valence-electron chi connectivity index (χ3n) is 6.45. The van der Waals surface area contributed by atoms with Crippen molar-refractivity contribution in [3.05, 3.63) is 102 Å². The Kier molecular flexibility index (Phi) is 14.1. The normalized spacial score (nSPS) is 13.3. The molecule has 3 rings (SSSR count). The lowest BCUT2D eigenvalue weighted by atomic mass is 9.99. The highest BCUT2D eigenvalue weighted by Crippen LogP contribution is 2.23. The quantitative estimate of drug-likeness (QED) is 0.331. The van der Waals surface area contributed by atoms with E-state index in [2.05, 4.69) is 147 Å². The van der Waals surface area contributed by atoms with Gasteiger partial charge in [0.1, 0.15) is 11.4 Å². The zero-order valence-electron chi connectivity index (χ0n) is 23.8. The number of rotatable bonds is 7. The minimum absolute atomic E-state index is 0.113. The van der Waals surface area contributed by atoms with Crippen LogP contribution in [0.5, 0.6) is 5.75 Å². The summed E-state index contributed by atoms with van der Waals surface area (Å²) in [7, 11) is 0. The summed E-state index contributed by atoms with van der Waals surface area (Å²) >= 11 is 0. The van der Waals surface area contributed by atoms with Crippen LogP contribution < -0.4 is 4.74 Å². The number of benzene rings is 3. The van der Waals surface area contributed by atoms with Gasteiger partial charge in [-0.25, -0.2) is 0 Å². The Hall–Kier alpha value is -2.54. The summed E-state index contributed by atoms with van der Waals surface area (Å²) in [5, 5.41) is 0. The third-order valence-corrected chi connectivity index (χ3v) is 6.45. The van der Waals surface area contributed by atoms with Crippen molar-refractivity contribution in [2.45, 2.75) is 105 Å². The van der Waals surface area contributed by atoms with E-state index >= 15 is 0 Å². The molecular formula is C34H50O. The fraction of sp³-hybridized carbons (Fsp3) is 0.471. The van der Waals surface area contributed by atoms with E-state index in [-0.39, 0.29) is 5.60 Å². The summed E-state index contributed by atoms with van der Waals surface area (Å²) in [5.74, 6) is 3.01. The summed E-state index contributed by atoms with van der Waals surface area (Å²) in [5.41, 5.74) is 4.17. The molecule has 0 radical (unpaired) electrons. The van der Waals surface area contributed by atoms with Gasteiger partial charge in [-0.2, -0.15) is 0 Å². The first-order valence-electron chi connectivity index (χ1n) is 13.5. The molecule has 0 aliphatic rings. The minimum atomic E-state index is -0.113. The first kappa shape index (κ1) is 30.5. The second-order valence-corrected chi connectivity index (χ2v) is 10.5. The Morgan fingerprint density at radius 1 is 0.514 bits per heavy atom. The molecule has 0 amide bonds. The van der Waals surface area contributed by atoms with Gasteiger partial charge in [0.2, 0.25) is 0 Å². The number of ether oxygens (including phenoxy) is 1. The van der Waals surface area contributed by atoms with Crippen LogP contribution in [0, 0.1) is 0 Å². The number of hydrogen-bond donors (Lipinski definition) is 0. The van der Waals surface area contributed by atoms with E-state index in [1.807, 2.05) is 0 Å². The molecule has 1 heteroatoms. The molecule has 3 atom stereocenters. The third kappa shape index (κ3) is 12.6. The van der Waals surface area contributed by atoms with Crippen molar-refractivity contribution < 1.29 is 4.74 Å². The van der Waals surface area contributed by atoms with Crippen LogP contribution >= 0.6 is 0 Å². The molecule has 0 aliphatic heterocycles. The average Bonchev–Trinajstić information content (AvgIpc) is 2.88. The first-order valence-corrected chi connectivity index (χ1v) is 13.5. The Morgan fingerprint density at radius 3 is 1.11 bits per heavy atom. The summed E-state index contributed by atoms with van der Waals surface area (Å²) in [6.07, 6.45) is 3.63. The van der Waals surface area contributed by atoms with E-state index < -0.39 is 0 Å². The maximum atomic E-state index is 5.77. The molecule has 0 saturated heterocycles. The molecule has 3 aromatic rings. The van der Waals surface area contributed by atoms with Gasteiger partial charge in [-0.3, -0.25) is 0 Å². The van der Waals surface area contributed by atoms with Gasteiger partial charge in [-0.15, -0.1) is 0 Å².